The van der Waals surface area contributed by atoms with Crippen molar-refractivity contribution in [3.8, 4) is 0 Å². The zero-order chi connectivity index (χ0) is 25.1. The molecule has 5 fully saturated rings. The van der Waals surface area contributed by atoms with Gasteiger partial charge in [0.25, 0.3) is 0 Å². The molecule has 0 amide bonds. The van der Waals surface area contributed by atoms with Gasteiger partial charge in [-0.1, -0.05) is 34.6 Å². The lowest BCUT2D eigenvalue weighted by atomic mass is 9.35. The zero-order valence-corrected chi connectivity index (χ0v) is 23.0. The molecule has 0 aromatic carbocycles. The lowest BCUT2D eigenvalue weighted by molar-refractivity contribution is -0.222. The molecule has 0 spiro atoms. The molecule has 1 saturated heterocycles. The minimum Gasteiger partial charge on any atom is -0.393 e. The van der Waals surface area contributed by atoms with Crippen LogP contribution in [0.2, 0.25) is 0 Å². The van der Waals surface area contributed by atoms with Gasteiger partial charge in [-0.2, -0.15) is 0 Å². The van der Waals surface area contributed by atoms with Crippen molar-refractivity contribution in [2.75, 3.05) is 0 Å². The summed E-state index contributed by atoms with van der Waals surface area (Å²) in [5.74, 6) is 1.62. The maximum absolute atomic E-state index is 14.2. The number of fused-ring (bicyclic) bond motifs is 5. The van der Waals surface area contributed by atoms with Crippen molar-refractivity contribution >= 4 is 5.78 Å². The average molecular weight is 475 g/mol. The zero-order valence-electron chi connectivity index (χ0n) is 23.0. The Balaban J connectivity index is 1.49. The maximum atomic E-state index is 14.2. The predicted molar refractivity (Wildman–Crippen MR) is 134 cm³/mol. The van der Waals surface area contributed by atoms with Gasteiger partial charge in [0.1, 0.15) is 5.78 Å². The highest BCUT2D eigenvalue weighted by Crippen LogP contribution is 2.75. The third-order valence-corrected chi connectivity index (χ3v) is 13.0. The van der Waals surface area contributed by atoms with Gasteiger partial charge >= 0.3 is 0 Å². The second-order valence-corrected chi connectivity index (χ2v) is 15.3. The molecule has 4 aliphatic carbocycles. The van der Waals surface area contributed by atoms with E-state index in [1.54, 1.807) is 0 Å². The Morgan fingerprint density at radius 2 is 1.50 bits per heavy atom. The number of aliphatic hydroxyl groups excluding tert-OH is 1. The molecule has 10 atom stereocenters. The number of carbonyl (C=O) groups is 1. The summed E-state index contributed by atoms with van der Waals surface area (Å²) in [5.41, 5.74) is -1.04. The van der Waals surface area contributed by atoms with Gasteiger partial charge in [0.2, 0.25) is 0 Å². The van der Waals surface area contributed by atoms with Crippen LogP contribution in [0.25, 0.3) is 0 Å². The Bertz CT molecular complexity index is 858. The average Bonchev–Trinajstić information content (AvgIpc) is 3.30. The van der Waals surface area contributed by atoms with Crippen LogP contribution >= 0.6 is 0 Å². The first-order valence-electron chi connectivity index (χ1n) is 14.1. The van der Waals surface area contributed by atoms with E-state index in [9.17, 15) is 15.0 Å². The molecular formula is C30H50O4. The van der Waals surface area contributed by atoms with Gasteiger partial charge in [0.05, 0.1) is 23.4 Å². The van der Waals surface area contributed by atoms with Crippen LogP contribution in [0.4, 0.5) is 0 Å². The Morgan fingerprint density at radius 3 is 2.12 bits per heavy atom. The fourth-order valence-corrected chi connectivity index (χ4v) is 10.7. The number of ketones is 1. The molecule has 4 saturated carbocycles. The number of hydrogen-bond donors (Lipinski definition) is 2. The van der Waals surface area contributed by atoms with Gasteiger partial charge < -0.3 is 14.9 Å². The number of Topliss-reactive ketones (excluding diaryl/α,β-unsaturated/α-hetero) is 1. The highest BCUT2D eigenvalue weighted by Gasteiger charge is 2.72. The molecule has 34 heavy (non-hydrogen) atoms. The van der Waals surface area contributed by atoms with Crippen LogP contribution in [-0.4, -0.2) is 39.4 Å². The number of rotatable bonds is 2. The minimum atomic E-state index is -0.849. The predicted octanol–water partition coefficient (Wildman–Crippen LogP) is 5.92. The van der Waals surface area contributed by atoms with Crippen molar-refractivity contribution in [3.63, 3.8) is 0 Å². The molecule has 5 aliphatic rings. The monoisotopic (exact) mass is 474 g/mol. The quantitative estimate of drug-likeness (QED) is 0.521. The van der Waals surface area contributed by atoms with Gasteiger partial charge in [-0.15, -0.1) is 0 Å². The SMILES string of the molecule is CC(C)(O)[C@@H]1CC[C@@](C)([C@H]2CC[C@]3(C)[C@@H]2C(=O)C[C@H]2[C@@]4(C)CC[C@H](O)C(C)(C)[C@@H]4CC[C@]23C)O1. The van der Waals surface area contributed by atoms with Crippen LogP contribution in [0.1, 0.15) is 113 Å². The highest BCUT2D eigenvalue weighted by atomic mass is 16.5. The number of aliphatic hydroxyl groups is 2. The molecule has 2 N–H and O–H groups in total. The van der Waals surface area contributed by atoms with Gasteiger partial charge in [-0.3, -0.25) is 4.79 Å². The highest BCUT2D eigenvalue weighted by molar-refractivity contribution is 5.84. The Labute approximate surface area is 207 Å². The summed E-state index contributed by atoms with van der Waals surface area (Å²) in [7, 11) is 0. The smallest absolute Gasteiger partial charge is 0.137 e. The first kappa shape index (κ1) is 25.2. The van der Waals surface area contributed by atoms with E-state index in [1.165, 1.54) is 0 Å². The minimum absolute atomic E-state index is 0.00889. The van der Waals surface area contributed by atoms with Gasteiger partial charge in [0, 0.05) is 12.3 Å². The van der Waals surface area contributed by atoms with Crippen LogP contribution in [0, 0.1) is 45.3 Å². The lowest BCUT2D eigenvalue weighted by Crippen LogP contribution is -2.66. The molecule has 0 aromatic heterocycles. The maximum Gasteiger partial charge on any atom is 0.137 e. The Kier molecular flexibility index (Phi) is 5.42. The van der Waals surface area contributed by atoms with Crippen molar-refractivity contribution in [2.45, 2.75) is 137 Å². The van der Waals surface area contributed by atoms with E-state index >= 15 is 0 Å². The van der Waals surface area contributed by atoms with Crippen molar-refractivity contribution < 1.29 is 19.7 Å². The fourth-order valence-electron chi connectivity index (χ4n) is 10.7. The summed E-state index contributed by atoms with van der Waals surface area (Å²) in [6.45, 7) is 17.9. The topological polar surface area (TPSA) is 66.8 Å². The van der Waals surface area contributed by atoms with Crippen molar-refractivity contribution in [2.24, 2.45) is 45.3 Å². The van der Waals surface area contributed by atoms with Crippen LogP contribution in [0.3, 0.4) is 0 Å². The molecule has 194 valence electrons. The molecule has 1 heterocycles. The molecular weight excluding hydrogens is 424 g/mol. The van der Waals surface area contributed by atoms with E-state index in [0.29, 0.717) is 24.0 Å². The first-order valence-corrected chi connectivity index (χ1v) is 14.1. The fraction of sp³-hybridized carbons (Fsp3) is 0.967. The standard InChI is InChI=1S/C30H50O4/c1-25(2)20-10-15-28(6)21(27(20,5)13-11-22(25)32)17-19(31)24-18(9-14-29(24,28)7)30(8)16-12-23(34-30)26(3,4)33/h18,20-24,32-33H,9-17H2,1-8H3/t18-,20-,21-,22-,23-,24-,27-,28+,29+,30-/m0/s1. The first-order chi connectivity index (χ1) is 15.5. The third-order valence-electron chi connectivity index (χ3n) is 13.0. The Morgan fingerprint density at radius 1 is 0.853 bits per heavy atom. The third kappa shape index (κ3) is 3.09. The summed E-state index contributed by atoms with van der Waals surface area (Å²) in [6, 6.07) is 0. The summed E-state index contributed by atoms with van der Waals surface area (Å²) in [5, 5.41) is 21.5. The van der Waals surface area contributed by atoms with E-state index in [4.69, 9.17) is 4.74 Å². The molecule has 5 rings (SSSR count). The van der Waals surface area contributed by atoms with E-state index in [-0.39, 0.29) is 51.3 Å². The van der Waals surface area contributed by atoms with E-state index in [1.807, 2.05) is 13.8 Å². The van der Waals surface area contributed by atoms with Crippen molar-refractivity contribution in [1.82, 2.24) is 0 Å². The van der Waals surface area contributed by atoms with E-state index < -0.39 is 5.60 Å². The summed E-state index contributed by atoms with van der Waals surface area (Å²) < 4.78 is 6.62. The second-order valence-electron chi connectivity index (χ2n) is 15.3. The second kappa shape index (κ2) is 7.32. The van der Waals surface area contributed by atoms with Crippen LogP contribution < -0.4 is 0 Å². The van der Waals surface area contributed by atoms with Crippen molar-refractivity contribution in [1.29, 1.82) is 0 Å². The molecule has 0 bridgehead atoms. The van der Waals surface area contributed by atoms with Gasteiger partial charge in [0.15, 0.2) is 0 Å². The lowest BCUT2D eigenvalue weighted by Gasteiger charge is -2.69. The van der Waals surface area contributed by atoms with Crippen molar-refractivity contribution in [3.05, 3.63) is 0 Å². The summed E-state index contributed by atoms with van der Waals surface area (Å²) >= 11 is 0. The van der Waals surface area contributed by atoms with E-state index in [0.717, 1.165) is 51.4 Å². The molecule has 0 aromatic rings. The number of ether oxygens (including phenoxy) is 1. The van der Waals surface area contributed by atoms with Crippen LogP contribution in [0.15, 0.2) is 0 Å². The van der Waals surface area contributed by atoms with E-state index in [2.05, 4.69) is 41.5 Å². The molecule has 0 unspecified atom stereocenters. The van der Waals surface area contributed by atoms with Crippen LogP contribution in [0.5, 0.6) is 0 Å². The molecule has 4 nitrogen and oxygen atoms in total. The van der Waals surface area contributed by atoms with Gasteiger partial charge in [-0.25, -0.2) is 0 Å². The largest absolute Gasteiger partial charge is 0.393 e. The molecule has 0 radical (unpaired) electrons. The molecule has 4 heteroatoms. The normalized spacial score (nSPS) is 54.9. The summed E-state index contributed by atoms with van der Waals surface area (Å²) in [4.78, 5) is 14.2. The van der Waals surface area contributed by atoms with Crippen LogP contribution in [-0.2, 0) is 9.53 Å². The summed E-state index contributed by atoms with van der Waals surface area (Å²) in [6.07, 6.45) is 8.44. The Hall–Kier alpha value is -0.450. The van der Waals surface area contributed by atoms with Gasteiger partial charge in [-0.05, 0) is 112 Å². The number of carbonyl (C=O) groups excluding carboxylic acids is 1. The number of hydrogen-bond acceptors (Lipinski definition) is 4. The molecule has 1 aliphatic heterocycles.